The molecule has 2 aliphatic heterocycles. The van der Waals surface area contributed by atoms with Crippen molar-refractivity contribution in [3.63, 3.8) is 0 Å². The van der Waals surface area contributed by atoms with Crippen molar-refractivity contribution >= 4 is 11.9 Å². The van der Waals surface area contributed by atoms with E-state index in [1.165, 1.54) is 6.42 Å². The molecule has 2 saturated heterocycles. The lowest BCUT2D eigenvalue weighted by atomic mass is 9.41. The first-order valence-corrected chi connectivity index (χ1v) is 19.8. The summed E-state index contributed by atoms with van der Waals surface area (Å²) in [6, 6.07) is -2.66. The third kappa shape index (κ3) is 5.32. The number of rotatable bonds is 8. The van der Waals surface area contributed by atoms with E-state index in [2.05, 4.69) is 39.9 Å². The third-order valence-corrected chi connectivity index (χ3v) is 16.8. The van der Waals surface area contributed by atoms with Crippen LogP contribution >= 0.6 is 0 Å². The van der Waals surface area contributed by atoms with Crippen LogP contribution in [0.1, 0.15) is 105 Å². The molecule has 6 saturated carbocycles. The number of aliphatic carboxylic acids is 1. The zero-order chi connectivity index (χ0) is 36.5. The Morgan fingerprint density at radius 1 is 1.02 bits per heavy atom. The van der Waals surface area contributed by atoms with Gasteiger partial charge in [-0.1, -0.05) is 34.6 Å². The van der Waals surface area contributed by atoms with Crippen LogP contribution in [0.3, 0.4) is 0 Å². The fourth-order valence-corrected chi connectivity index (χ4v) is 14.2. The number of fused-ring (bicyclic) bond motifs is 4. The minimum Gasteiger partial charge on any atom is -0.480 e. The average Bonchev–Trinajstić information content (AvgIpc) is 3.97. The Kier molecular flexibility index (Phi) is 8.60. The van der Waals surface area contributed by atoms with Gasteiger partial charge in [-0.3, -0.25) is 14.9 Å². The Labute approximate surface area is 300 Å². The van der Waals surface area contributed by atoms with Crippen molar-refractivity contribution in [3.05, 3.63) is 0 Å². The van der Waals surface area contributed by atoms with Gasteiger partial charge in [0.25, 0.3) is 0 Å². The van der Waals surface area contributed by atoms with Crippen LogP contribution in [0.15, 0.2) is 0 Å². The molecular weight excluding hydrogens is 665 g/mol. The van der Waals surface area contributed by atoms with Gasteiger partial charge in [-0.05, 0) is 115 Å². The summed E-state index contributed by atoms with van der Waals surface area (Å²) >= 11 is 0. The lowest BCUT2D eigenvalue weighted by Gasteiger charge is -2.64. The number of nitrogens with one attached hydrogen (secondary N) is 1. The summed E-state index contributed by atoms with van der Waals surface area (Å²) in [6.07, 6.45) is 3.69. The number of alkyl halides is 3. The lowest BCUT2D eigenvalue weighted by molar-refractivity contribution is -0.248. The summed E-state index contributed by atoms with van der Waals surface area (Å²) in [5, 5.41) is 23.8. The topological polar surface area (TPSA) is 118 Å². The van der Waals surface area contributed by atoms with E-state index < -0.39 is 48.2 Å². The molecule has 0 bridgehead atoms. The van der Waals surface area contributed by atoms with Crippen molar-refractivity contribution in [1.29, 1.82) is 0 Å². The summed E-state index contributed by atoms with van der Waals surface area (Å²) in [4.78, 5) is 26.2. The molecule has 14 atom stereocenters. The van der Waals surface area contributed by atoms with Gasteiger partial charge in [0.2, 0.25) is 11.9 Å². The predicted octanol–water partition coefficient (Wildman–Crippen LogP) is 5.78. The Bertz CT molecular complexity index is 1410. The second kappa shape index (κ2) is 12.0. The molecular formula is C39H59F3N2O7. The van der Waals surface area contributed by atoms with Crippen LogP contribution in [-0.4, -0.2) is 96.2 Å². The number of ether oxygens (including phenoxy) is 3. The molecule has 288 valence electrons. The number of hydrogen-bond donors (Lipinski definition) is 3. The summed E-state index contributed by atoms with van der Waals surface area (Å²) < 4.78 is 59.6. The van der Waals surface area contributed by atoms with E-state index in [1.807, 2.05) is 4.90 Å². The highest BCUT2D eigenvalue weighted by Gasteiger charge is 2.84. The van der Waals surface area contributed by atoms with Crippen LogP contribution in [0.5, 0.6) is 0 Å². The van der Waals surface area contributed by atoms with E-state index in [1.54, 1.807) is 0 Å². The first-order chi connectivity index (χ1) is 23.9. The van der Waals surface area contributed by atoms with Crippen molar-refractivity contribution in [3.8, 4) is 0 Å². The molecule has 12 heteroatoms. The summed E-state index contributed by atoms with van der Waals surface area (Å²) in [5.41, 5.74) is -0.347. The van der Waals surface area contributed by atoms with Crippen molar-refractivity contribution in [1.82, 2.24) is 10.2 Å². The molecule has 51 heavy (non-hydrogen) atoms. The molecule has 2 spiro atoms. The number of aliphatic hydroxyl groups is 1. The van der Waals surface area contributed by atoms with Gasteiger partial charge in [-0.2, -0.15) is 13.2 Å². The molecule has 1 amide bonds. The van der Waals surface area contributed by atoms with Gasteiger partial charge >= 0.3 is 12.1 Å². The first-order valence-electron chi connectivity index (χ1n) is 19.8. The van der Waals surface area contributed by atoms with Crippen LogP contribution in [-0.2, 0) is 23.8 Å². The number of hydrogen-bond acceptors (Lipinski definition) is 7. The Morgan fingerprint density at radius 3 is 2.41 bits per heavy atom. The molecule has 9 nitrogen and oxygen atoms in total. The number of morpholine rings is 1. The molecule has 0 aromatic heterocycles. The van der Waals surface area contributed by atoms with Gasteiger partial charge in [0.05, 0.1) is 37.6 Å². The predicted molar refractivity (Wildman–Crippen MR) is 180 cm³/mol. The lowest BCUT2D eigenvalue weighted by Crippen LogP contribution is -2.60. The van der Waals surface area contributed by atoms with Gasteiger partial charge in [0.1, 0.15) is 0 Å². The zero-order valence-electron chi connectivity index (χ0n) is 31.0. The normalized spacial score (nSPS) is 49.1. The van der Waals surface area contributed by atoms with Gasteiger partial charge in [-0.15, -0.1) is 0 Å². The molecule has 8 aliphatic rings. The van der Waals surface area contributed by atoms with Crippen LogP contribution in [0.4, 0.5) is 13.2 Å². The minimum atomic E-state index is -4.91. The Morgan fingerprint density at radius 2 is 1.73 bits per heavy atom. The largest absolute Gasteiger partial charge is 0.480 e. The van der Waals surface area contributed by atoms with Crippen molar-refractivity contribution in [2.45, 2.75) is 148 Å². The molecule has 2 heterocycles. The highest BCUT2D eigenvalue weighted by atomic mass is 19.4. The molecule has 5 unspecified atom stereocenters. The maximum absolute atomic E-state index is 13.4. The monoisotopic (exact) mass is 724 g/mol. The van der Waals surface area contributed by atoms with Gasteiger partial charge < -0.3 is 29.3 Å². The molecule has 0 aromatic carbocycles. The molecule has 3 N–H and O–H groups in total. The maximum atomic E-state index is 13.4. The Hall–Kier alpha value is -1.47. The van der Waals surface area contributed by atoms with Crippen LogP contribution in [0.2, 0.25) is 0 Å². The number of carboxylic acids is 1. The van der Waals surface area contributed by atoms with E-state index in [9.17, 15) is 33.0 Å². The molecule has 8 rings (SSSR count). The second-order valence-corrected chi connectivity index (χ2v) is 19.3. The number of amides is 1. The van der Waals surface area contributed by atoms with Crippen molar-refractivity contribution in [2.75, 3.05) is 26.2 Å². The molecule has 0 aromatic rings. The molecule has 0 radical (unpaired) electrons. The number of carboxylic acid groups (broad SMARTS) is 1. The van der Waals surface area contributed by atoms with E-state index in [4.69, 9.17) is 14.2 Å². The molecule has 6 aliphatic carbocycles. The van der Waals surface area contributed by atoms with E-state index >= 15 is 0 Å². The minimum absolute atomic E-state index is 0.0352. The van der Waals surface area contributed by atoms with Crippen LogP contribution < -0.4 is 5.32 Å². The highest BCUT2D eigenvalue weighted by molar-refractivity contribution is 5.77. The maximum Gasteiger partial charge on any atom is 0.414 e. The second-order valence-electron chi connectivity index (χ2n) is 19.3. The van der Waals surface area contributed by atoms with Crippen molar-refractivity contribution in [2.24, 2.45) is 56.7 Å². The van der Waals surface area contributed by atoms with Gasteiger partial charge in [-0.25, -0.2) is 0 Å². The SMILES string of the molecule is C[C@@H]1CC(CNC(C(=O)O)C(F)(F)F)OC2[C@H]1[C@@]1(C)CCC34C[C@@]35CC[C@H](O[C@H]3CN(C(=O)CC6CC6)CCO3)C(C)(C)[C@@H]5CCC4[C@]1(C)[C@H]2O. The van der Waals surface area contributed by atoms with Crippen molar-refractivity contribution < 1.29 is 47.2 Å². The Balaban J connectivity index is 0.973. The number of nitrogens with zero attached hydrogens (tertiary/aromatic N) is 1. The summed E-state index contributed by atoms with van der Waals surface area (Å²) in [5.74, 6) is -0.201. The number of aliphatic hydroxyl groups excluding tert-OH is 1. The fraction of sp³-hybridized carbons (Fsp3) is 0.949. The third-order valence-electron chi connectivity index (χ3n) is 16.8. The van der Waals surface area contributed by atoms with E-state index in [0.717, 1.165) is 51.4 Å². The van der Waals surface area contributed by atoms with Gasteiger partial charge in [0.15, 0.2) is 6.29 Å². The van der Waals surface area contributed by atoms with Crippen LogP contribution in [0, 0.1) is 56.7 Å². The molecule has 8 fully saturated rings. The van der Waals surface area contributed by atoms with Crippen LogP contribution in [0.25, 0.3) is 0 Å². The summed E-state index contributed by atoms with van der Waals surface area (Å²) in [7, 11) is 0. The summed E-state index contributed by atoms with van der Waals surface area (Å²) in [6.45, 7) is 12.9. The van der Waals surface area contributed by atoms with E-state index in [-0.39, 0.29) is 52.1 Å². The number of halogens is 3. The number of carbonyl (C=O) groups is 2. The first kappa shape index (κ1) is 36.5. The highest BCUT2D eigenvalue weighted by Crippen LogP contribution is 2.89. The van der Waals surface area contributed by atoms with Gasteiger partial charge in [0, 0.05) is 24.9 Å². The standard InChI is InChI=1S/C39H59F3N2O7/c1-21-16-23(18-43-31(33(47)48)39(40,41)42)50-30-29(21)35(4)12-13-38-20-37(38)11-10-26(34(2,3)24(37)8-9-25(38)36(35,5)32(30)46)51-28-19-44(14-15-49-28)27(45)17-22-6-7-22/h21-26,28-32,43,46H,6-20H2,1-5H3,(H,47,48)/t21-,23?,24+,25?,26+,28+,29+,30?,31?,32+,35-,36-,37-,38?/m1/s1. The van der Waals surface area contributed by atoms with E-state index in [0.29, 0.717) is 50.3 Å². The zero-order valence-corrected chi connectivity index (χ0v) is 31.0. The number of carbonyl (C=O) groups excluding carboxylic acids is 1. The quantitative estimate of drug-likeness (QED) is 0.289. The smallest absolute Gasteiger partial charge is 0.414 e. The fourth-order valence-electron chi connectivity index (χ4n) is 14.2. The average molecular weight is 725 g/mol.